The molecule has 1 fully saturated rings. The molecule has 3 rings (SSSR count). The number of thioether (sulfide) groups is 1. The first kappa shape index (κ1) is 17.4. The number of fused-ring (bicyclic) bond motifs is 1. The first-order valence-corrected chi connectivity index (χ1v) is 10.5. The van der Waals surface area contributed by atoms with E-state index in [1.54, 1.807) is 22.8 Å². The minimum Gasteiger partial charge on any atom is -0.391 e. The van der Waals surface area contributed by atoms with Crippen molar-refractivity contribution < 1.29 is 13.5 Å². The third-order valence-electron chi connectivity index (χ3n) is 3.90. The lowest BCUT2D eigenvalue weighted by Gasteiger charge is -2.18. The number of benzene rings is 1. The molecule has 8 heteroatoms. The van der Waals surface area contributed by atoms with E-state index in [9.17, 15) is 18.3 Å². The summed E-state index contributed by atoms with van der Waals surface area (Å²) in [5.41, 5.74) is 0.451. The lowest BCUT2D eigenvalue weighted by molar-refractivity contribution is 0.207. The zero-order valence-electron chi connectivity index (χ0n) is 13.5. The maximum atomic E-state index is 12.8. The summed E-state index contributed by atoms with van der Waals surface area (Å²) < 4.78 is 25.0. The summed E-state index contributed by atoms with van der Waals surface area (Å²) in [5, 5.41) is 10.5. The maximum Gasteiger partial charge on any atom is 0.262 e. The van der Waals surface area contributed by atoms with Crippen molar-refractivity contribution in [2.45, 2.75) is 36.9 Å². The number of nitrogens with zero attached hydrogens (tertiary/aromatic N) is 2. The SMILES string of the molecule is CC(C)Cn1c(S[C@H]2CS(=O)(=O)C[C@H]2O)nc2ccccc2c1=O. The van der Waals surface area contributed by atoms with Crippen molar-refractivity contribution in [2.75, 3.05) is 11.5 Å². The summed E-state index contributed by atoms with van der Waals surface area (Å²) in [6.45, 7) is 4.50. The summed E-state index contributed by atoms with van der Waals surface area (Å²) in [4.78, 5) is 17.4. The van der Waals surface area contributed by atoms with Gasteiger partial charge in [0, 0.05) is 6.54 Å². The highest BCUT2D eigenvalue weighted by molar-refractivity contribution is 8.01. The zero-order valence-corrected chi connectivity index (χ0v) is 15.2. The van der Waals surface area contributed by atoms with Gasteiger partial charge in [-0.15, -0.1) is 0 Å². The normalized spacial score (nSPS) is 23.2. The van der Waals surface area contributed by atoms with Crippen LogP contribution in [0.1, 0.15) is 13.8 Å². The van der Waals surface area contributed by atoms with E-state index in [0.29, 0.717) is 22.6 Å². The molecule has 0 radical (unpaired) electrons. The quantitative estimate of drug-likeness (QED) is 0.819. The standard InChI is InChI=1S/C16H20N2O4S2/c1-10(2)7-18-15(20)11-5-3-4-6-12(11)17-16(18)23-14-9-24(21,22)8-13(14)19/h3-6,10,13-14,19H,7-9H2,1-2H3/t13-,14+/m1/s1. The number of aliphatic hydroxyl groups is 1. The second kappa shape index (κ2) is 6.50. The van der Waals surface area contributed by atoms with Gasteiger partial charge in [-0.2, -0.15) is 0 Å². The number of hydrogen-bond donors (Lipinski definition) is 1. The summed E-state index contributed by atoms with van der Waals surface area (Å²) in [6.07, 6.45) is -0.934. The van der Waals surface area contributed by atoms with Crippen molar-refractivity contribution in [3.63, 3.8) is 0 Å². The average Bonchev–Trinajstić information content (AvgIpc) is 2.75. The van der Waals surface area contributed by atoms with E-state index in [1.807, 2.05) is 19.9 Å². The fraction of sp³-hybridized carbons (Fsp3) is 0.500. The molecule has 1 aliphatic rings. The lowest BCUT2D eigenvalue weighted by Crippen LogP contribution is -2.28. The van der Waals surface area contributed by atoms with Crippen LogP contribution in [0.4, 0.5) is 0 Å². The molecule has 0 saturated carbocycles. The first-order chi connectivity index (χ1) is 11.3. The molecule has 0 bridgehead atoms. The third-order valence-corrected chi connectivity index (χ3v) is 7.14. The van der Waals surface area contributed by atoms with Gasteiger partial charge in [-0.3, -0.25) is 9.36 Å². The van der Waals surface area contributed by atoms with Gasteiger partial charge in [0.15, 0.2) is 15.0 Å². The summed E-state index contributed by atoms with van der Waals surface area (Å²) in [6, 6.07) is 7.11. The van der Waals surface area contributed by atoms with Crippen LogP contribution in [0.5, 0.6) is 0 Å². The molecule has 24 heavy (non-hydrogen) atoms. The van der Waals surface area contributed by atoms with Crippen LogP contribution in [0, 0.1) is 5.92 Å². The van der Waals surface area contributed by atoms with Crippen LogP contribution >= 0.6 is 11.8 Å². The third kappa shape index (κ3) is 3.50. The number of aromatic nitrogens is 2. The second-order valence-electron chi connectivity index (χ2n) is 6.52. The number of rotatable bonds is 4. The Labute approximate surface area is 144 Å². The van der Waals surface area contributed by atoms with E-state index in [1.165, 1.54) is 11.8 Å². The zero-order chi connectivity index (χ0) is 17.5. The fourth-order valence-electron chi connectivity index (χ4n) is 2.81. The second-order valence-corrected chi connectivity index (χ2v) is 9.88. The van der Waals surface area contributed by atoms with Crippen LogP contribution in [0.2, 0.25) is 0 Å². The van der Waals surface area contributed by atoms with Gasteiger partial charge in [-0.05, 0) is 18.1 Å². The van der Waals surface area contributed by atoms with Crippen molar-refractivity contribution in [1.29, 1.82) is 0 Å². The lowest BCUT2D eigenvalue weighted by atomic mass is 10.2. The van der Waals surface area contributed by atoms with Crippen molar-refractivity contribution in [2.24, 2.45) is 5.92 Å². The Morgan fingerprint density at radius 3 is 2.67 bits per heavy atom. The Morgan fingerprint density at radius 2 is 2.04 bits per heavy atom. The number of aliphatic hydroxyl groups excluding tert-OH is 1. The number of hydrogen-bond acceptors (Lipinski definition) is 6. The van der Waals surface area contributed by atoms with Crippen LogP contribution in [-0.4, -0.2) is 45.9 Å². The van der Waals surface area contributed by atoms with Gasteiger partial charge in [-0.1, -0.05) is 37.7 Å². The van der Waals surface area contributed by atoms with Gasteiger partial charge >= 0.3 is 0 Å². The Hall–Kier alpha value is -1.38. The molecule has 2 atom stereocenters. The predicted octanol–water partition coefficient (Wildman–Crippen LogP) is 1.30. The molecular formula is C16H20N2O4S2. The molecule has 130 valence electrons. The molecule has 0 aliphatic carbocycles. The molecule has 1 saturated heterocycles. The highest BCUT2D eigenvalue weighted by atomic mass is 32.2. The number of para-hydroxylation sites is 1. The molecule has 1 aromatic heterocycles. The maximum absolute atomic E-state index is 12.8. The van der Waals surface area contributed by atoms with E-state index >= 15 is 0 Å². The van der Waals surface area contributed by atoms with Crippen LogP contribution in [0.15, 0.2) is 34.2 Å². The largest absolute Gasteiger partial charge is 0.391 e. The molecule has 1 N–H and O–H groups in total. The molecule has 2 heterocycles. The number of sulfone groups is 1. The van der Waals surface area contributed by atoms with Crippen molar-refractivity contribution in [1.82, 2.24) is 9.55 Å². The monoisotopic (exact) mass is 368 g/mol. The Bertz CT molecular complexity index is 921. The highest BCUT2D eigenvalue weighted by Gasteiger charge is 2.38. The minimum atomic E-state index is -3.24. The molecule has 0 spiro atoms. The van der Waals surface area contributed by atoms with Crippen molar-refractivity contribution >= 4 is 32.5 Å². The smallest absolute Gasteiger partial charge is 0.262 e. The van der Waals surface area contributed by atoms with Crippen LogP contribution in [-0.2, 0) is 16.4 Å². The Morgan fingerprint density at radius 1 is 1.33 bits per heavy atom. The highest BCUT2D eigenvalue weighted by Crippen LogP contribution is 2.30. The molecule has 0 unspecified atom stereocenters. The van der Waals surface area contributed by atoms with Gasteiger partial charge in [0.1, 0.15) is 0 Å². The molecule has 1 aromatic carbocycles. The topological polar surface area (TPSA) is 89.3 Å². The van der Waals surface area contributed by atoms with Gasteiger partial charge in [-0.25, -0.2) is 13.4 Å². The Kier molecular flexibility index (Phi) is 4.72. The van der Waals surface area contributed by atoms with Gasteiger partial charge in [0.2, 0.25) is 0 Å². The Balaban J connectivity index is 2.07. The van der Waals surface area contributed by atoms with Crippen LogP contribution in [0.3, 0.4) is 0 Å². The average molecular weight is 368 g/mol. The fourth-order valence-corrected chi connectivity index (χ4v) is 6.40. The molecule has 0 amide bonds. The van der Waals surface area contributed by atoms with Crippen molar-refractivity contribution in [3.8, 4) is 0 Å². The summed E-state index contributed by atoms with van der Waals surface area (Å²) in [5.74, 6) is -0.0854. The van der Waals surface area contributed by atoms with Gasteiger partial charge in [0.25, 0.3) is 5.56 Å². The predicted molar refractivity (Wildman–Crippen MR) is 95.1 cm³/mol. The summed E-state index contributed by atoms with van der Waals surface area (Å²) in [7, 11) is -3.24. The van der Waals surface area contributed by atoms with Crippen LogP contribution < -0.4 is 5.56 Å². The van der Waals surface area contributed by atoms with Gasteiger partial charge < -0.3 is 5.11 Å². The van der Waals surface area contributed by atoms with E-state index in [4.69, 9.17) is 0 Å². The first-order valence-electron chi connectivity index (χ1n) is 7.81. The van der Waals surface area contributed by atoms with E-state index in [0.717, 1.165) is 0 Å². The van der Waals surface area contributed by atoms with Gasteiger partial charge in [0.05, 0.1) is 33.8 Å². The molecular weight excluding hydrogens is 348 g/mol. The minimum absolute atomic E-state index is 0.0940. The van der Waals surface area contributed by atoms with E-state index < -0.39 is 21.2 Å². The molecule has 1 aliphatic heterocycles. The molecule has 6 nitrogen and oxygen atoms in total. The van der Waals surface area contributed by atoms with E-state index in [-0.39, 0.29) is 23.0 Å². The van der Waals surface area contributed by atoms with Crippen molar-refractivity contribution in [3.05, 3.63) is 34.6 Å². The van der Waals surface area contributed by atoms with E-state index in [2.05, 4.69) is 4.98 Å². The van der Waals surface area contributed by atoms with Crippen LogP contribution in [0.25, 0.3) is 10.9 Å². The summed E-state index contributed by atoms with van der Waals surface area (Å²) >= 11 is 1.18. The molecule has 2 aromatic rings.